The van der Waals surface area contributed by atoms with Crippen molar-refractivity contribution in [3.05, 3.63) is 74.1 Å². The van der Waals surface area contributed by atoms with Crippen LogP contribution in [0.1, 0.15) is 11.1 Å². The van der Waals surface area contributed by atoms with E-state index >= 15 is 0 Å². The van der Waals surface area contributed by atoms with Crippen LogP contribution in [0, 0.1) is 6.92 Å². The predicted octanol–water partition coefficient (Wildman–Crippen LogP) is 3.55. The van der Waals surface area contributed by atoms with E-state index in [4.69, 9.17) is 32.4 Å². The van der Waals surface area contributed by atoms with E-state index in [-0.39, 0.29) is 5.63 Å². The fraction of sp³-hybridized carbons (Fsp3) is 0.211. The summed E-state index contributed by atoms with van der Waals surface area (Å²) in [6.07, 6.45) is 0. The molecule has 0 atom stereocenters. The molecule has 4 nitrogen and oxygen atoms in total. The van der Waals surface area contributed by atoms with Gasteiger partial charge in [0, 0.05) is 27.1 Å². The maximum atomic E-state index is 11.8. The Morgan fingerprint density at radius 1 is 1.12 bits per heavy atom. The zero-order valence-electron chi connectivity index (χ0n) is 13.7. The maximum absolute atomic E-state index is 11.8. The summed E-state index contributed by atoms with van der Waals surface area (Å²) in [7, 11) is 0. The van der Waals surface area contributed by atoms with Crippen LogP contribution in [0.5, 0.6) is 5.75 Å². The number of rotatable bonds is 6. The first-order valence-electron chi connectivity index (χ1n) is 7.96. The van der Waals surface area contributed by atoms with Gasteiger partial charge in [-0.1, -0.05) is 23.2 Å². The van der Waals surface area contributed by atoms with Gasteiger partial charge in [-0.15, -0.1) is 0 Å². The zero-order chi connectivity index (χ0) is 17.8. The van der Waals surface area contributed by atoms with Gasteiger partial charge in [0.25, 0.3) is 0 Å². The lowest BCUT2D eigenvalue weighted by Crippen LogP contribution is -2.83. The summed E-state index contributed by atoms with van der Waals surface area (Å²) in [5, 5.41) is 4.29. The summed E-state index contributed by atoms with van der Waals surface area (Å²) in [6, 6.07) is 12.4. The summed E-state index contributed by atoms with van der Waals surface area (Å²) in [5.41, 5.74) is 2.00. The lowest BCUT2D eigenvalue weighted by Gasteiger charge is -2.08. The number of hydrogen-bond acceptors (Lipinski definition) is 3. The Balaban J connectivity index is 1.62. The second kappa shape index (κ2) is 7.91. The maximum Gasteiger partial charge on any atom is 0.336 e. The standard InChI is InChI=1S/C19H17Cl2NO3/c1-12-8-18-16(10-17(12)21)13(9-19(23)25-18)11-22-6-7-24-15-4-2-14(20)3-5-15/h2-5,8-10,22H,6-7,11H2,1H3/p+1. The summed E-state index contributed by atoms with van der Waals surface area (Å²) in [6.45, 7) is 3.84. The van der Waals surface area contributed by atoms with Crippen LogP contribution in [0.3, 0.4) is 0 Å². The first-order chi connectivity index (χ1) is 12.0. The molecule has 130 valence electrons. The quantitative estimate of drug-likeness (QED) is 0.527. The summed E-state index contributed by atoms with van der Waals surface area (Å²) in [5.74, 6) is 0.783. The minimum atomic E-state index is -0.352. The number of nitrogens with two attached hydrogens (primary N) is 1. The summed E-state index contributed by atoms with van der Waals surface area (Å²) < 4.78 is 10.9. The highest BCUT2D eigenvalue weighted by atomic mass is 35.5. The van der Waals surface area contributed by atoms with E-state index in [0.29, 0.717) is 28.8 Å². The normalized spacial score (nSPS) is 11.0. The third-order valence-electron chi connectivity index (χ3n) is 3.88. The second-order valence-corrected chi connectivity index (χ2v) is 6.62. The van der Waals surface area contributed by atoms with Gasteiger partial charge in [-0.3, -0.25) is 0 Å². The van der Waals surface area contributed by atoms with Crippen molar-refractivity contribution >= 4 is 34.2 Å². The highest BCUT2D eigenvalue weighted by molar-refractivity contribution is 6.32. The highest BCUT2D eigenvalue weighted by Gasteiger charge is 2.09. The molecule has 0 spiro atoms. The average Bonchev–Trinajstić information content (AvgIpc) is 2.58. The Bertz CT molecular complexity index is 936. The van der Waals surface area contributed by atoms with Crippen LogP contribution in [0.4, 0.5) is 0 Å². The number of benzene rings is 2. The Hall–Kier alpha value is -2.01. The topological polar surface area (TPSA) is 56.0 Å². The number of fused-ring (bicyclic) bond motifs is 1. The number of ether oxygens (including phenoxy) is 1. The van der Waals surface area contributed by atoms with E-state index in [2.05, 4.69) is 5.32 Å². The molecule has 2 aromatic carbocycles. The number of quaternary nitrogens is 1. The number of halogens is 2. The van der Waals surface area contributed by atoms with Gasteiger partial charge in [0.2, 0.25) is 0 Å². The molecule has 0 bridgehead atoms. The third kappa shape index (κ3) is 4.54. The lowest BCUT2D eigenvalue weighted by molar-refractivity contribution is -0.671. The van der Waals surface area contributed by atoms with Crippen LogP contribution in [0.2, 0.25) is 10.0 Å². The molecule has 1 aromatic heterocycles. The molecule has 0 aliphatic heterocycles. The lowest BCUT2D eigenvalue weighted by atomic mass is 10.1. The minimum Gasteiger partial charge on any atom is -0.488 e. The first kappa shape index (κ1) is 17.8. The predicted molar refractivity (Wildman–Crippen MR) is 99.7 cm³/mol. The van der Waals surface area contributed by atoms with Crippen molar-refractivity contribution in [3.63, 3.8) is 0 Å². The number of aryl methyl sites for hydroxylation is 1. The van der Waals surface area contributed by atoms with Gasteiger partial charge in [-0.25, -0.2) is 4.79 Å². The van der Waals surface area contributed by atoms with Gasteiger partial charge in [-0.2, -0.15) is 0 Å². The smallest absolute Gasteiger partial charge is 0.336 e. The highest BCUT2D eigenvalue weighted by Crippen LogP contribution is 2.24. The third-order valence-corrected chi connectivity index (χ3v) is 4.54. The summed E-state index contributed by atoms with van der Waals surface area (Å²) >= 11 is 12.0. The molecule has 3 rings (SSSR count). The van der Waals surface area contributed by atoms with Gasteiger partial charge >= 0.3 is 5.63 Å². The fourth-order valence-corrected chi connectivity index (χ4v) is 2.86. The van der Waals surface area contributed by atoms with Gasteiger partial charge in [0.1, 0.15) is 31.0 Å². The molecule has 0 radical (unpaired) electrons. The van der Waals surface area contributed by atoms with Crippen LogP contribution in [0.25, 0.3) is 11.0 Å². The van der Waals surface area contributed by atoms with Crippen molar-refractivity contribution in [1.82, 2.24) is 0 Å². The van der Waals surface area contributed by atoms with Crippen LogP contribution < -0.4 is 15.7 Å². The average molecular weight is 379 g/mol. The molecule has 0 saturated carbocycles. The molecule has 0 unspecified atom stereocenters. The Morgan fingerprint density at radius 2 is 1.88 bits per heavy atom. The van der Waals surface area contributed by atoms with Gasteiger partial charge in [-0.05, 0) is 48.9 Å². The van der Waals surface area contributed by atoms with Gasteiger partial charge < -0.3 is 14.5 Å². The van der Waals surface area contributed by atoms with Crippen molar-refractivity contribution in [2.45, 2.75) is 13.5 Å². The molecule has 0 amide bonds. The monoisotopic (exact) mass is 378 g/mol. The van der Waals surface area contributed by atoms with Crippen molar-refractivity contribution in [3.8, 4) is 5.75 Å². The van der Waals surface area contributed by atoms with E-state index in [1.807, 2.05) is 25.1 Å². The molecule has 2 N–H and O–H groups in total. The Morgan fingerprint density at radius 3 is 2.64 bits per heavy atom. The largest absolute Gasteiger partial charge is 0.488 e. The first-order valence-corrected chi connectivity index (χ1v) is 8.71. The van der Waals surface area contributed by atoms with Crippen LogP contribution >= 0.6 is 23.2 Å². The van der Waals surface area contributed by atoms with Crippen molar-refractivity contribution in [1.29, 1.82) is 0 Å². The van der Waals surface area contributed by atoms with E-state index < -0.39 is 0 Å². The second-order valence-electron chi connectivity index (χ2n) is 5.77. The molecular weight excluding hydrogens is 361 g/mol. The molecule has 0 fully saturated rings. The van der Waals surface area contributed by atoms with Crippen molar-refractivity contribution in [2.75, 3.05) is 13.2 Å². The molecular formula is C19H18Cl2NO3+. The van der Waals surface area contributed by atoms with E-state index in [9.17, 15) is 4.79 Å². The molecule has 6 heteroatoms. The van der Waals surface area contributed by atoms with E-state index in [1.54, 1.807) is 18.2 Å². The van der Waals surface area contributed by atoms with Crippen LogP contribution in [-0.2, 0) is 6.54 Å². The van der Waals surface area contributed by atoms with Crippen LogP contribution in [-0.4, -0.2) is 13.2 Å². The van der Waals surface area contributed by atoms with Crippen LogP contribution in [0.15, 0.2) is 51.7 Å². The van der Waals surface area contributed by atoms with Gasteiger partial charge in [0.15, 0.2) is 0 Å². The molecule has 0 aliphatic rings. The zero-order valence-corrected chi connectivity index (χ0v) is 15.2. The number of hydrogen-bond donors (Lipinski definition) is 1. The minimum absolute atomic E-state index is 0.352. The fourth-order valence-electron chi connectivity index (χ4n) is 2.57. The van der Waals surface area contributed by atoms with E-state index in [1.165, 1.54) is 6.07 Å². The van der Waals surface area contributed by atoms with Gasteiger partial charge in [0.05, 0.1) is 0 Å². The van der Waals surface area contributed by atoms with Crippen molar-refractivity contribution in [2.24, 2.45) is 0 Å². The molecule has 0 aliphatic carbocycles. The Kier molecular flexibility index (Phi) is 5.63. The molecule has 0 saturated heterocycles. The molecule has 1 heterocycles. The Labute approximate surface area is 155 Å². The van der Waals surface area contributed by atoms with E-state index in [0.717, 1.165) is 28.8 Å². The summed E-state index contributed by atoms with van der Waals surface area (Å²) in [4.78, 5) is 11.8. The molecule has 25 heavy (non-hydrogen) atoms. The van der Waals surface area contributed by atoms with Crippen molar-refractivity contribution < 1.29 is 14.5 Å². The SMILES string of the molecule is Cc1cc2oc(=O)cc(C[NH2+]CCOc3ccc(Cl)cc3)c2cc1Cl. The molecule has 3 aromatic rings.